The number of piperazine rings is 1. The van der Waals surface area contributed by atoms with E-state index in [0.29, 0.717) is 25.2 Å². The van der Waals surface area contributed by atoms with Crippen LogP contribution in [-0.2, 0) is 13.0 Å². The van der Waals surface area contributed by atoms with Crippen molar-refractivity contribution in [3.05, 3.63) is 63.8 Å². The summed E-state index contributed by atoms with van der Waals surface area (Å²) >= 11 is 0. The Morgan fingerprint density at radius 3 is 2.78 bits per heavy atom. The van der Waals surface area contributed by atoms with Crippen molar-refractivity contribution >= 4 is 22.6 Å². The lowest BCUT2D eigenvalue weighted by Crippen LogP contribution is -2.54. The van der Waals surface area contributed by atoms with Gasteiger partial charge in [0, 0.05) is 45.0 Å². The summed E-state index contributed by atoms with van der Waals surface area (Å²) in [6, 6.07) is 7.34. The minimum atomic E-state index is -0.217. The Morgan fingerprint density at radius 1 is 1.25 bits per heavy atom. The normalized spacial score (nSPS) is 17.0. The second-order valence-electron chi connectivity index (χ2n) is 7.99. The number of hydrogen-bond acceptors (Lipinski definition) is 7. The Labute approximate surface area is 186 Å². The van der Waals surface area contributed by atoms with E-state index in [2.05, 4.69) is 30.1 Å². The van der Waals surface area contributed by atoms with Gasteiger partial charge in [-0.2, -0.15) is 0 Å². The summed E-state index contributed by atoms with van der Waals surface area (Å²) in [7, 11) is 1.58. The lowest BCUT2D eigenvalue weighted by atomic mass is 10.1. The molecule has 9 heteroatoms. The molecule has 1 aliphatic heterocycles. The molecule has 1 amide bonds. The van der Waals surface area contributed by atoms with Gasteiger partial charge in [0.2, 0.25) is 0 Å². The largest absolute Gasteiger partial charge is 0.395 e. The maximum atomic E-state index is 12.2. The summed E-state index contributed by atoms with van der Waals surface area (Å²) < 4.78 is 0. The summed E-state index contributed by atoms with van der Waals surface area (Å²) in [6.45, 7) is 4.79. The number of nitrogens with one attached hydrogen (secondary N) is 2. The Balaban J connectivity index is 1.46. The number of rotatable bonds is 6. The number of pyridine rings is 3. The maximum Gasteiger partial charge on any atom is 0.269 e. The van der Waals surface area contributed by atoms with E-state index >= 15 is 0 Å². The van der Waals surface area contributed by atoms with Crippen LogP contribution in [0.1, 0.15) is 28.5 Å². The van der Waals surface area contributed by atoms with Crippen LogP contribution in [0.2, 0.25) is 0 Å². The number of nitrogens with zero attached hydrogens (tertiary/aromatic N) is 4. The number of aryl methyl sites for hydroxylation is 1. The Morgan fingerprint density at radius 2 is 2.09 bits per heavy atom. The lowest BCUT2D eigenvalue weighted by Gasteiger charge is -2.41. The van der Waals surface area contributed by atoms with Crippen LogP contribution in [0.15, 0.2) is 41.5 Å². The van der Waals surface area contributed by atoms with Crippen LogP contribution in [0.3, 0.4) is 0 Å². The fourth-order valence-electron chi connectivity index (χ4n) is 4.09. The molecule has 0 aromatic carbocycles. The number of amides is 1. The van der Waals surface area contributed by atoms with Gasteiger partial charge in [-0.1, -0.05) is 6.92 Å². The predicted molar refractivity (Wildman–Crippen MR) is 123 cm³/mol. The van der Waals surface area contributed by atoms with E-state index in [1.165, 1.54) is 0 Å². The van der Waals surface area contributed by atoms with E-state index in [9.17, 15) is 14.7 Å². The van der Waals surface area contributed by atoms with Crippen molar-refractivity contribution in [1.82, 2.24) is 25.2 Å². The van der Waals surface area contributed by atoms with Crippen molar-refractivity contribution in [2.24, 2.45) is 0 Å². The average Bonchev–Trinajstić information content (AvgIpc) is 2.83. The highest BCUT2D eigenvalue weighted by Gasteiger charge is 2.27. The van der Waals surface area contributed by atoms with Gasteiger partial charge in [0.1, 0.15) is 5.69 Å². The highest BCUT2D eigenvalue weighted by Crippen LogP contribution is 2.21. The summed E-state index contributed by atoms with van der Waals surface area (Å²) in [5, 5.41) is 12.6. The summed E-state index contributed by atoms with van der Waals surface area (Å²) in [4.78, 5) is 39.9. The molecule has 0 saturated carbocycles. The van der Waals surface area contributed by atoms with Crippen LogP contribution in [-0.4, -0.2) is 70.2 Å². The van der Waals surface area contributed by atoms with Crippen LogP contribution >= 0.6 is 0 Å². The zero-order valence-electron chi connectivity index (χ0n) is 18.3. The minimum absolute atomic E-state index is 0.0257. The molecule has 9 nitrogen and oxygen atoms in total. The first-order chi connectivity index (χ1) is 15.5. The van der Waals surface area contributed by atoms with Crippen LogP contribution in [0.25, 0.3) is 11.0 Å². The molecule has 3 N–H and O–H groups in total. The van der Waals surface area contributed by atoms with Crippen molar-refractivity contribution in [2.45, 2.75) is 25.9 Å². The molecule has 168 valence electrons. The zero-order chi connectivity index (χ0) is 22.7. The van der Waals surface area contributed by atoms with Gasteiger partial charge in [-0.3, -0.25) is 19.5 Å². The smallest absolute Gasteiger partial charge is 0.269 e. The van der Waals surface area contributed by atoms with Crippen molar-refractivity contribution in [3.8, 4) is 0 Å². The second-order valence-corrected chi connectivity index (χ2v) is 7.99. The summed E-state index contributed by atoms with van der Waals surface area (Å²) in [5.41, 5.74) is 4.45. The maximum absolute atomic E-state index is 12.2. The van der Waals surface area contributed by atoms with Crippen molar-refractivity contribution in [2.75, 3.05) is 38.2 Å². The van der Waals surface area contributed by atoms with Gasteiger partial charge in [0.25, 0.3) is 11.5 Å². The van der Waals surface area contributed by atoms with Crippen LogP contribution < -0.4 is 15.8 Å². The molecular formula is C23H28N6O3. The number of aromatic amines is 1. The number of aromatic nitrogens is 3. The number of hydrogen-bond donors (Lipinski definition) is 3. The molecule has 0 aliphatic carbocycles. The fraction of sp³-hybridized carbons (Fsp3) is 0.391. The average molecular weight is 437 g/mol. The molecule has 0 spiro atoms. The van der Waals surface area contributed by atoms with Gasteiger partial charge in [-0.15, -0.1) is 0 Å². The first kappa shape index (κ1) is 21.9. The topological polar surface area (TPSA) is 114 Å². The van der Waals surface area contributed by atoms with Crippen molar-refractivity contribution < 1.29 is 9.90 Å². The van der Waals surface area contributed by atoms with Crippen LogP contribution in [0.4, 0.5) is 5.69 Å². The van der Waals surface area contributed by atoms with E-state index in [4.69, 9.17) is 0 Å². The molecule has 0 radical (unpaired) electrons. The second kappa shape index (κ2) is 9.46. The van der Waals surface area contributed by atoms with Gasteiger partial charge >= 0.3 is 0 Å². The molecular weight excluding hydrogens is 408 g/mol. The number of H-pyrrole nitrogens is 1. The summed E-state index contributed by atoms with van der Waals surface area (Å²) in [6.07, 6.45) is 4.20. The van der Waals surface area contributed by atoms with E-state index in [-0.39, 0.29) is 24.1 Å². The monoisotopic (exact) mass is 436 g/mol. The molecule has 3 aromatic rings. The number of fused-ring (bicyclic) bond motifs is 1. The third kappa shape index (κ3) is 4.49. The number of aliphatic hydroxyl groups is 1. The fourth-order valence-corrected chi connectivity index (χ4v) is 4.09. The molecule has 3 aromatic heterocycles. The number of carbonyl (C=O) groups excluding carboxylic acids is 1. The molecule has 1 saturated heterocycles. The Bertz CT molecular complexity index is 1160. The van der Waals surface area contributed by atoms with E-state index in [1.54, 1.807) is 19.3 Å². The lowest BCUT2D eigenvalue weighted by molar-refractivity contribution is 0.0958. The standard InChI is InChI=1S/C23H28N6O3/c1-3-16-9-20-21(27-22(16)31)8-15(10-25-20)12-28-6-7-29(13-18(28)14-30)17-4-5-19(26-11-17)23(32)24-2/h4-5,8-11,18,30H,3,6-7,12-14H2,1-2H3,(H,24,32)(H,27,31)/t18-/m1/s1. The van der Waals surface area contributed by atoms with Crippen LogP contribution in [0.5, 0.6) is 0 Å². The van der Waals surface area contributed by atoms with Gasteiger partial charge in [-0.25, -0.2) is 4.98 Å². The van der Waals surface area contributed by atoms with Crippen LogP contribution in [0, 0.1) is 0 Å². The number of anilines is 1. The molecule has 1 atom stereocenters. The number of carbonyl (C=O) groups is 1. The van der Waals surface area contributed by atoms with Gasteiger partial charge < -0.3 is 20.3 Å². The van der Waals surface area contributed by atoms with E-state index in [0.717, 1.165) is 40.9 Å². The third-order valence-corrected chi connectivity index (χ3v) is 5.98. The van der Waals surface area contributed by atoms with E-state index in [1.807, 2.05) is 31.3 Å². The van der Waals surface area contributed by atoms with Gasteiger partial charge in [0.15, 0.2) is 0 Å². The molecule has 0 bridgehead atoms. The van der Waals surface area contributed by atoms with Gasteiger partial charge in [-0.05, 0) is 36.2 Å². The molecule has 0 unspecified atom stereocenters. The predicted octanol–water partition coefficient (Wildman–Crippen LogP) is 0.923. The Hall–Kier alpha value is -3.30. The number of aliphatic hydroxyl groups excluding tert-OH is 1. The highest BCUT2D eigenvalue weighted by atomic mass is 16.3. The van der Waals surface area contributed by atoms with E-state index < -0.39 is 0 Å². The van der Waals surface area contributed by atoms with Crippen molar-refractivity contribution in [3.63, 3.8) is 0 Å². The summed E-state index contributed by atoms with van der Waals surface area (Å²) in [5.74, 6) is -0.217. The zero-order valence-corrected chi connectivity index (χ0v) is 18.3. The molecule has 32 heavy (non-hydrogen) atoms. The third-order valence-electron chi connectivity index (χ3n) is 5.98. The quantitative estimate of drug-likeness (QED) is 0.526. The SMILES string of the molecule is CCc1cc2ncc(CN3CCN(c4ccc(C(=O)NC)nc4)C[C@@H]3CO)cc2[nH]c1=O. The first-order valence-electron chi connectivity index (χ1n) is 10.8. The Kier molecular flexibility index (Phi) is 6.48. The minimum Gasteiger partial charge on any atom is -0.395 e. The molecule has 1 fully saturated rings. The van der Waals surface area contributed by atoms with Gasteiger partial charge in [0.05, 0.1) is 35.6 Å². The highest BCUT2D eigenvalue weighted by molar-refractivity contribution is 5.92. The van der Waals surface area contributed by atoms with Crippen molar-refractivity contribution in [1.29, 1.82) is 0 Å². The molecule has 4 heterocycles. The first-order valence-corrected chi connectivity index (χ1v) is 10.8. The molecule has 4 rings (SSSR count). The molecule has 1 aliphatic rings.